The largest absolute Gasteiger partial charge is 0.469 e. The average Bonchev–Trinajstić information content (AvgIpc) is 2.76. The van der Waals surface area contributed by atoms with Crippen molar-refractivity contribution in [2.75, 3.05) is 7.11 Å². The van der Waals surface area contributed by atoms with E-state index < -0.39 is 12.1 Å². The minimum atomic E-state index is -0.725. The maximum atomic E-state index is 11.9. The Morgan fingerprint density at radius 2 is 1.91 bits per heavy atom. The van der Waals surface area contributed by atoms with E-state index in [-0.39, 0.29) is 18.2 Å². The normalized spacial score (nSPS) is 17.5. The molecule has 0 aromatic heterocycles. The molecule has 0 saturated heterocycles. The van der Waals surface area contributed by atoms with Crippen LogP contribution in [0.25, 0.3) is 0 Å². The van der Waals surface area contributed by atoms with Gasteiger partial charge in [0.15, 0.2) is 5.78 Å². The summed E-state index contributed by atoms with van der Waals surface area (Å²) in [6.45, 7) is 1.26. The number of hydrogen-bond donors (Lipinski definition) is 0. The van der Waals surface area contributed by atoms with Gasteiger partial charge in [-0.25, -0.2) is 0 Å². The molecule has 0 heterocycles. The lowest BCUT2D eigenvalue weighted by Crippen LogP contribution is -2.17. The molecular weight excluding hydrogens is 288 g/mol. The zero-order chi connectivity index (χ0) is 16.5. The molecule has 0 aromatic carbocycles. The maximum Gasteiger partial charge on any atom is 0.305 e. The second kappa shape index (κ2) is 9.12. The molecule has 0 amide bonds. The van der Waals surface area contributed by atoms with Crippen molar-refractivity contribution in [2.24, 2.45) is 0 Å². The Kier molecular flexibility index (Phi) is 7.49. The highest BCUT2D eigenvalue weighted by molar-refractivity contribution is 6.05. The first kappa shape index (κ1) is 18.1. The summed E-state index contributed by atoms with van der Waals surface area (Å²) in [5, 5.41) is 0. The summed E-state index contributed by atoms with van der Waals surface area (Å²) in [5.74, 6) is -0.842. The molecule has 1 rings (SSSR count). The Balaban J connectivity index is 2.42. The summed E-state index contributed by atoms with van der Waals surface area (Å²) in [6.07, 6.45) is 4.07. The van der Waals surface area contributed by atoms with Crippen molar-refractivity contribution in [3.8, 4) is 0 Å². The van der Waals surface area contributed by atoms with Crippen LogP contribution >= 0.6 is 0 Å². The molecule has 1 unspecified atom stereocenters. The Bertz CT molecular complexity index is 477. The number of rotatable bonds is 9. The van der Waals surface area contributed by atoms with E-state index in [1.165, 1.54) is 14.0 Å². The number of Topliss-reactive ketones (excluding diaryl/α,β-unsaturated/α-hetero) is 1. The molecule has 122 valence electrons. The molecule has 1 aliphatic carbocycles. The average molecular weight is 310 g/mol. The first-order chi connectivity index (χ1) is 10.5. The minimum absolute atomic E-state index is 0.0608. The van der Waals surface area contributed by atoms with Gasteiger partial charge in [-0.2, -0.15) is 0 Å². The Morgan fingerprint density at radius 3 is 2.50 bits per heavy atom. The van der Waals surface area contributed by atoms with Crippen LogP contribution in [0.1, 0.15) is 51.9 Å². The smallest absolute Gasteiger partial charge is 0.305 e. The summed E-state index contributed by atoms with van der Waals surface area (Å²) < 4.78 is 9.55. The molecule has 0 fully saturated rings. The summed E-state index contributed by atoms with van der Waals surface area (Å²) in [4.78, 5) is 45.0. The lowest BCUT2D eigenvalue weighted by atomic mass is 10.0. The number of esters is 2. The first-order valence-corrected chi connectivity index (χ1v) is 7.45. The zero-order valence-electron chi connectivity index (χ0n) is 13.1. The second-order valence-corrected chi connectivity index (χ2v) is 5.27. The number of aldehydes is 1. The van der Waals surface area contributed by atoms with Gasteiger partial charge >= 0.3 is 11.9 Å². The van der Waals surface area contributed by atoms with Crippen LogP contribution < -0.4 is 0 Å². The second-order valence-electron chi connectivity index (χ2n) is 5.27. The molecule has 22 heavy (non-hydrogen) atoms. The summed E-state index contributed by atoms with van der Waals surface area (Å²) in [7, 11) is 1.36. The van der Waals surface area contributed by atoms with Gasteiger partial charge in [-0.1, -0.05) is 12.8 Å². The quantitative estimate of drug-likeness (QED) is 0.367. The van der Waals surface area contributed by atoms with Crippen molar-refractivity contribution < 1.29 is 28.7 Å². The summed E-state index contributed by atoms with van der Waals surface area (Å²) >= 11 is 0. The van der Waals surface area contributed by atoms with Gasteiger partial charge in [0.05, 0.1) is 13.5 Å². The third-order valence-corrected chi connectivity index (χ3v) is 3.62. The lowest BCUT2D eigenvalue weighted by molar-refractivity contribution is -0.145. The molecule has 1 atom stereocenters. The van der Waals surface area contributed by atoms with Gasteiger partial charge in [0.2, 0.25) is 0 Å². The highest BCUT2D eigenvalue weighted by Crippen LogP contribution is 2.28. The van der Waals surface area contributed by atoms with Crippen molar-refractivity contribution in [2.45, 2.75) is 58.0 Å². The fraction of sp³-hybridized carbons (Fsp3) is 0.625. The molecule has 0 aromatic rings. The molecule has 0 bridgehead atoms. The van der Waals surface area contributed by atoms with Crippen LogP contribution in [0.2, 0.25) is 0 Å². The topological polar surface area (TPSA) is 86.7 Å². The van der Waals surface area contributed by atoms with E-state index in [2.05, 4.69) is 4.74 Å². The van der Waals surface area contributed by atoms with E-state index in [0.717, 1.165) is 25.7 Å². The highest BCUT2D eigenvalue weighted by atomic mass is 16.5. The fourth-order valence-corrected chi connectivity index (χ4v) is 2.52. The van der Waals surface area contributed by atoms with Gasteiger partial charge in [-0.05, 0) is 19.3 Å². The molecule has 1 aliphatic rings. The molecule has 0 N–H and O–H groups in total. The first-order valence-electron chi connectivity index (χ1n) is 7.45. The number of allylic oxidation sites excluding steroid dienone is 1. The lowest BCUT2D eigenvalue weighted by Gasteiger charge is -2.10. The molecule has 6 nitrogen and oxygen atoms in total. The molecule has 0 spiro atoms. The highest BCUT2D eigenvalue weighted by Gasteiger charge is 2.33. The number of ketones is 1. The Labute approximate surface area is 129 Å². The summed E-state index contributed by atoms with van der Waals surface area (Å²) in [6, 6.07) is 0. The van der Waals surface area contributed by atoms with Gasteiger partial charge in [-0.3, -0.25) is 19.2 Å². The van der Waals surface area contributed by atoms with Crippen LogP contribution in [0.5, 0.6) is 0 Å². The monoisotopic (exact) mass is 310 g/mol. The van der Waals surface area contributed by atoms with E-state index in [1.807, 2.05) is 0 Å². The zero-order valence-corrected chi connectivity index (χ0v) is 13.1. The van der Waals surface area contributed by atoms with E-state index in [1.54, 1.807) is 0 Å². The summed E-state index contributed by atoms with van der Waals surface area (Å²) in [5.41, 5.74) is 0.781. The molecule has 0 saturated carbocycles. The van der Waals surface area contributed by atoms with E-state index in [9.17, 15) is 19.2 Å². The van der Waals surface area contributed by atoms with Crippen molar-refractivity contribution in [1.82, 2.24) is 0 Å². The number of carbonyl (C=O) groups excluding carboxylic acids is 4. The van der Waals surface area contributed by atoms with Crippen molar-refractivity contribution >= 4 is 24.0 Å². The predicted octanol–water partition coefficient (Wildman–Crippen LogP) is 1.90. The third-order valence-electron chi connectivity index (χ3n) is 3.62. The van der Waals surface area contributed by atoms with E-state index >= 15 is 0 Å². The van der Waals surface area contributed by atoms with Crippen molar-refractivity contribution in [3.63, 3.8) is 0 Å². The standard InChI is InChI=1S/C16H22O6/c1-11(18)22-15-9-14(19)12(13(15)10-17)7-5-3-4-6-8-16(20)21-2/h10,15H,3-9H2,1-2H3. The van der Waals surface area contributed by atoms with Crippen molar-refractivity contribution in [3.05, 3.63) is 11.1 Å². The van der Waals surface area contributed by atoms with Gasteiger partial charge in [0, 0.05) is 24.5 Å². The Morgan fingerprint density at radius 1 is 1.23 bits per heavy atom. The fourth-order valence-electron chi connectivity index (χ4n) is 2.52. The SMILES string of the molecule is COC(=O)CCCCCCC1=C(C=O)C(OC(C)=O)CC1=O. The Hall–Kier alpha value is -1.98. The molecule has 0 radical (unpaired) electrons. The van der Waals surface area contributed by atoms with Gasteiger partial charge in [0.25, 0.3) is 0 Å². The maximum absolute atomic E-state index is 11.9. The molecule has 0 aliphatic heterocycles. The number of unbranched alkanes of at least 4 members (excludes halogenated alkanes) is 3. The van der Waals surface area contributed by atoms with Crippen LogP contribution in [0.15, 0.2) is 11.1 Å². The number of hydrogen-bond acceptors (Lipinski definition) is 6. The van der Waals surface area contributed by atoms with Gasteiger partial charge in [0.1, 0.15) is 12.4 Å². The van der Waals surface area contributed by atoms with Crippen LogP contribution in [-0.2, 0) is 28.7 Å². The van der Waals surface area contributed by atoms with Crippen LogP contribution in [0.4, 0.5) is 0 Å². The number of ether oxygens (including phenoxy) is 2. The minimum Gasteiger partial charge on any atom is -0.469 e. The van der Waals surface area contributed by atoms with Crippen LogP contribution in [0.3, 0.4) is 0 Å². The van der Waals surface area contributed by atoms with E-state index in [0.29, 0.717) is 30.3 Å². The molecular formula is C16H22O6. The van der Waals surface area contributed by atoms with Crippen LogP contribution in [-0.4, -0.2) is 37.2 Å². The number of carbonyl (C=O) groups is 4. The third kappa shape index (κ3) is 5.42. The van der Waals surface area contributed by atoms with E-state index in [4.69, 9.17) is 4.74 Å². The van der Waals surface area contributed by atoms with Crippen LogP contribution in [0, 0.1) is 0 Å². The molecule has 6 heteroatoms. The van der Waals surface area contributed by atoms with Gasteiger partial charge < -0.3 is 9.47 Å². The van der Waals surface area contributed by atoms with Crippen molar-refractivity contribution in [1.29, 1.82) is 0 Å². The van der Waals surface area contributed by atoms with Gasteiger partial charge in [-0.15, -0.1) is 0 Å². The predicted molar refractivity (Wildman–Crippen MR) is 78.0 cm³/mol. The number of methoxy groups -OCH3 is 1.